The molecule has 168 valence electrons. The van der Waals surface area contributed by atoms with Crippen molar-refractivity contribution in [3.8, 4) is 0 Å². The molecule has 32 heavy (non-hydrogen) atoms. The lowest BCUT2D eigenvalue weighted by Crippen LogP contribution is -2.51. The van der Waals surface area contributed by atoms with E-state index in [9.17, 15) is 13.2 Å². The molecular weight excluding hydrogens is 444 g/mol. The van der Waals surface area contributed by atoms with Crippen LogP contribution in [0.4, 0.5) is 0 Å². The fourth-order valence-electron chi connectivity index (χ4n) is 3.61. The molecule has 0 aliphatic carbocycles. The van der Waals surface area contributed by atoms with Gasteiger partial charge < -0.3 is 4.90 Å². The Morgan fingerprint density at radius 2 is 1.75 bits per heavy atom. The smallest absolute Gasteiger partial charge is 0.236 e. The quantitative estimate of drug-likeness (QED) is 0.531. The first-order valence-electron chi connectivity index (χ1n) is 10.4. The number of para-hydroxylation sites is 1. The molecule has 7 nitrogen and oxygen atoms in total. The molecule has 9 heteroatoms. The van der Waals surface area contributed by atoms with Gasteiger partial charge in [-0.1, -0.05) is 42.5 Å². The average molecular weight is 471 g/mol. The minimum absolute atomic E-state index is 0.00508. The molecule has 1 fully saturated rings. The van der Waals surface area contributed by atoms with E-state index in [2.05, 4.69) is 4.98 Å². The standard InChI is InChI=1S/C23H26N4O3S2/c1-25(17-22-24-20-9-5-6-10-21(20)31-22)18-23(28)26-12-14-27(15-13-26)32(29,30)16-11-19-7-3-2-4-8-19/h2-11,16H,12-15,17-18H2,1H3. The zero-order chi connectivity index (χ0) is 22.6. The molecule has 0 N–H and O–H groups in total. The number of rotatable bonds is 7. The van der Waals surface area contributed by atoms with E-state index in [1.54, 1.807) is 22.3 Å². The van der Waals surface area contributed by atoms with Crippen LogP contribution in [-0.4, -0.2) is 73.2 Å². The lowest BCUT2D eigenvalue weighted by atomic mass is 10.2. The molecule has 0 saturated carbocycles. The van der Waals surface area contributed by atoms with Gasteiger partial charge in [0.15, 0.2) is 0 Å². The highest BCUT2D eigenvalue weighted by Crippen LogP contribution is 2.22. The zero-order valence-electron chi connectivity index (χ0n) is 17.9. The molecule has 0 spiro atoms. The Morgan fingerprint density at radius 3 is 2.47 bits per heavy atom. The summed E-state index contributed by atoms with van der Waals surface area (Å²) in [5, 5.41) is 2.22. The first kappa shape index (κ1) is 22.6. The van der Waals surface area contributed by atoms with Crippen molar-refractivity contribution in [1.29, 1.82) is 0 Å². The van der Waals surface area contributed by atoms with E-state index < -0.39 is 10.0 Å². The third-order valence-electron chi connectivity index (χ3n) is 5.33. The number of hydrogen-bond acceptors (Lipinski definition) is 6. The summed E-state index contributed by atoms with van der Waals surface area (Å²) in [4.78, 5) is 21.0. The molecule has 1 aromatic heterocycles. The largest absolute Gasteiger partial charge is 0.339 e. The molecule has 0 unspecified atom stereocenters. The van der Waals surface area contributed by atoms with Crippen LogP contribution < -0.4 is 0 Å². The summed E-state index contributed by atoms with van der Waals surface area (Å²) in [5.41, 5.74) is 1.81. The number of aromatic nitrogens is 1. The van der Waals surface area contributed by atoms with Crippen LogP contribution in [0.5, 0.6) is 0 Å². The van der Waals surface area contributed by atoms with Gasteiger partial charge in [0.05, 0.1) is 23.3 Å². The van der Waals surface area contributed by atoms with Gasteiger partial charge in [-0.05, 0) is 30.8 Å². The normalized spacial score (nSPS) is 15.8. The van der Waals surface area contributed by atoms with Crippen molar-refractivity contribution in [2.75, 3.05) is 39.8 Å². The third-order valence-corrected chi connectivity index (χ3v) is 7.92. The maximum absolute atomic E-state index is 12.7. The molecule has 2 aromatic carbocycles. The molecule has 0 atom stereocenters. The summed E-state index contributed by atoms with van der Waals surface area (Å²) in [6.45, 7) is 2.27. The fourth-order valence-corrected chi connectivity index (χ4v) is 5.83. The van der Waals surface area contributed by atoms with Crippen LogP contribution in [-0.2, 0) is 21.4 Å². The van der Waals surface area contributed by atoms with E-state index >= 15 is 0 Å². The monoisotopic (exact) mass is 470 g/mol. The Morgan fingerprint density at radius 1 is 1.06 bits per heavy atom. The van der Waals surface area contributed by atoms with E-state index in [1.165, 1.54) is 9.71 Å². The van der Waals surface area contributed by atoms with Crippen LogP contribution in [0, 0.1) is 0 Å². The number of benzene rings is 2. The molecule has 0 bridgehead atoms. The van der Waals surface area contributed by atoms with Crippen molar-refractivity contribution in [3.63, 3.8) is 0 Å². The zero-order valence-corrected chi connectivity index (χ0v) is 19.6. The minimum atomic E-state index is -3.51. The number of sulfonamides is 1. The minimum Gasteiger partial charge on any atom is -0.339 e. The van der Waals surface area contributed by atoms with E-state index in [-0.39, 0.29) is 12.5 Å². The van der Waals surface area contributed by atoms with Crippen LogP contribution in [0.1, 0.15) is 10.6 Å². The molecular formula is C23H26N4O3S2. The summed E-state index contributed by atoms with van der Waals surface area (Å²) >= 11 is 1.64. The SMILES string of the molecule is CN(CC(=O)N1CCN(S(=O)(=O)C=Cc2ccccc2)CC1)Cc1nc2ccccc2s1. The molecule has 3 aromatic rings. The molecule has 4 rings (SSSR count). The maximum Gasteiger partial charge on any atom is 0.236 e. The van der Waals surface area contributed by atoms with Gasteiger partial charge in [-0.15, -0.1) is 11.3 Å². The Bertz CT molecular complexity index is 1170. The second-order valence-corrected chi connectivity index (χ2v) is 10.7. The number of thiazole rings is 1. The van der Waals surface area contributed by atoms with Gasteiger partial charge in [0.2, 0.25) is 15.9 Å². The highest BCUT2D eigenvalue weighted by Gasteiger charge is 2.27. The summed E-state index contributed by atoms with van der Waals surface area (Å²) in [7, 11) is -1.61. The van der Waals surface area contributed by atoms with Crippen LogP contribution in [0.15, 0.2) is 60.0 Å². The molecule has 1 amide bonds. The van der Waals surface area contributed by atoms with Gasteiger partial charge >= 0.3 is 0 Å². The summed E-state index contributed by atoms with van der Waals surface area (Å²) < 4.78 is 27.8. The van der Waals surface area contributed by atoms with Crippen LogP contribution >= 0.6 is 11.3 Å². The topological polar surface area (TPSA) is 73.8 Å². The first-order chi connectivity index (χ1) is 15.4. The second-order valence-electron chi connectivity index (χ2n) is 7.79. The number of amides is 1. The van der Waals surface area contributed by atoms with E-state index in [4.69, 9.17) is 0 Å². The second kappa shape index (κ2) is 9.91. The van der Waals surface area contributed by atoms with E-state index in [0.29, 0.717) is 32.7 Å². The number of nitrogens with zero attached hydrogens (tertiary/aromatic N) is 4. The Balaban J connectivity index is 1.27. The van der Waals surface area contributed by atoms with Crippen molar-refractivity contribution in [2.24, 2.45) is 0 Å². The van der Waals surface area contributed by atoms with Gasteiger partial charge in [-0.2, -0.15) is 4.31 Å². The average Bonchev–Trinajstić information content (AvgIpc) is 3.20. The van der Waals surface area contributed by atoms with Gasteiger partial charge in [0.25, 0.3) is 0 Å². The number of hydrogen-bond donors (Lipinski definition) is 0. The van der Waals surface area contributed by atoms with Crippen molar-refractivity contribution < 1.29 is 13.2 Å². The number of likely N-dealkylation sites (N-methyl/N-ethyl adjacent to an activating group) is 1. The number of carbonyl (C=O) groups is 1. The Kier molecular flexibility index (Phi) is 7.00. The van der Waals surface area contributed by atoms with Crippen LogP contribution in [0.2, 0.25) is 0 Å². The number of fused-ring (bicyclic) bond motifs is 1. The predicted octanol–water partition coefficient (Wildman–Crippen LogP) is 2.87. The molecule has 1 aliphatic heterocycles. The number of carbonyl (C=O) groups excluding carboxylic acids is 1. The van der Waals surface area contributed by atoms with E-state index in [1.807, 2.05) is 66.5 Å². The molecule has 2 heterocycles. The predicted molar refractivity (Wildman–Crippen MR) is 129 cm³/mol. The van der Waals surface area contributed by atoms with Gasteiger partial charge in [0, 0.05) is 31.6 Å². The maximum atomic E-state index is 12.7. The Hall–Kier alpha value is -2.59. The lowest BCUT2D eigenvalue weighted by Gasteiger charge is -2.34. The molecule has 0 radical (unpaired) electrons. The van der Waals surface area contributed by atoms with E-state index in [0.717, 1.165) is 20.8 Å². The molecule has 1 aliphatic rings. The van der Waals surface area contributed by atoms with Crippen LogP contribution in [0.3, 0.4) is 0 Å². The van der Waals surface area contributed by atoms with Crippen LogP contribution in [0.25, 0.3) is 16.3 Å². The molecule has 1 saturated heterocycles. The fraction of sp³-hybridized carbons (Fsp3) is 0.304. The summed E-state index contributed by atoms with van der Waals surface area (Å²) in [6, 6.07) is 17.3. The van der Waals surface area contributed by atoms with Crippen molar-refractivity contribution >= 4 is 43.6 Å². The summed E-state index contributed by atoms with van der Waals surface area (Å²) in [5.74, 6) is 0.00508. The lowest BCUT2D eigenvalue weighted by molar-refractivity contribution is -0.133. The third kappa shape index (κ3) is 5.60. The van der Waals surface area contributed by atoms with Crippen molar-refractivity contribution in [2.45, 2.75) is 6.54 Å². The first-order valence-corrected chi connectivity index (χ1v) is 12.8. The van der Waals surface area contributed by atoms with Gasteiger partial charge in [0.1, 0.15) is 5.01 Å². The Labute approximate surface area is 192 Å². The van der Waals surface area contributed by atoms with Crippen molar-refractivity contribution in [1.82, 2.24) is 19.1 Å². The van der Waals surface area contributed by atoms with Gasteiger partial charge in [-0.25, -0.2) is 13.4 Å². The van der Waals surface area contributed by atoms with Gasteiger partial charge in [-0.3, -0.25) is 9.69 Å². The highest BCUT2D eigenvalue weighted by molar-refractivity contribution is 7.92. The van der Waals surface area contributed by atoms with Crippen molar-refractivity contribution in [3.05, 3.63) is 70.6 Å². The highest BCUT2D eigenvalue weighted by atomic mass is 32.2. The summed E-state index contributed by atoms with van der Waals surface area (Å²) in [6.07, 6.45) is 1.60. The number of piperazine rings is 1.